The Morgan fingerprint density at radius 1 is 1.05 bits per heavy atom. The summed E-state index contributed by atoms with van der Waals surface area (Å²) in [5.74, 6) is -0.952. The number of hydrogen-bond donors (Lipinski definition) is 1. The van der Waals surface area contributed by atoms with Gasteiger partial charge in [-0.1, -0.05) is 33.8 Å². The van der Waals surface area contributed by atoms with Crippen molar-refractivity contribution in [2.24, 2.45) is 11.3 Å². The highest BCUT2D eigenvalue weighted by atomic mass is 19.1. The smallest absolute Gasteiger partial charge is 0.247 e. The molecule has 0 aliphatic heterocycles. The fourth-order valence-electron chi connectivity index (χ4n) is 6.31. The molecule has 2 aliphatic carbocycles. The Morgan fingerprint density at radius 2 is 1.81 bits per heavy atom. The fraction of sp³-hybridized carbons (Fsp3) is 0.393. The van der Waals surface area contributed by atoms with E-state index in [1.165, 1.54) is 24.5 Å². The second kappa shape index (κ2) is 8.21. The SMILES string of the molecule is CC(C)[C@@H](O)c1coc(-c2cncc([C@@]34CC[C@@H](c5cc(-c6c(F)cccc6F)nnc53)C4(C)C)n2)n1. The van der Waals surface area contributed by atoms with Crippen molar-refractivity contribution in [3.63, 3.8) is 0 Å². The molecule has 6 rings (SSSR count). The lowest BCUT2D eigenvalue weighted by atomic mass is 9.66. The summed E-state index contributed by atoms with van der Waals surface area (Å²) in [5.41, 5.74) is 2.47. The molecule has 9 heteroatoms. The van der Waals surface area contributed by atoms with E-state index in [4.69, 9.17) is 9.40 Å². The summed E-state index contributed by atoms with van der Waals surface area (Å²) < 4.78 is 34.7. The van der Waals surface area contributed by atoms with Gasteiger partial charge in [0, 0.05) is 6.20 Å². The van der Waals surface area contributed by atoms with Gasteiger partial charge in [0.2, 0.25) is 5.89 Å². The molecule has 7 nitrogen and oxygen atoms in total. The molecule has 2 bridgehead atoms. The van der Waals surface area contributed by atoms with Gasteiger partial charge in [0.15, 0.2) is 0 Å². The van der Waals surface area contributed by atoms with Gasteiger partial charge < -0.3 is 9.52 Å². The molecule has 3 atom stereocenters. The predicted molar refractivity (Wildman–Crippen MR) is 131 cm³/mol. The molecular formula is C28H27F2N5O2. The van der Waals surface area contributed by atoms with E-state index in [1.54, 1.807) is 18.5 Å². The Morgan fingerprint density at radius 3 is 2.54 bits per heavy atom. The third-order valence-electron chi connectivity index (χ3n) is 8.35. The Bertz CT molecular complexity index is 1500. The van der Waals surface area contributed by atoms with Crippen LogP contribution < -0.4 is 0 Å². The number of benzene rings is 1. The van der Waals surface area contributed by atoms with Crippen LogP contribution in [0.2, 0.25) is 0 Å². The first kappa shape index (κ1) is 23.8. The minimum Gasteiger partial charge on any atom is -0.443 e. The van der Waals surface area contributed by atoms with Crippen molar-refractivity contribution in [2.45, 2.75) is 58.0 Å². The lowest BCUT2D eigenvalue weighted by Crippen LogP contribution is -2.38. The van der Waals surface area contributed by atoms with Crippen molar-refractivity contribution in [1.82, 2.24) is 25.1 Å². The first-order valence-electron chi connectivity index (χ1n) is 12.4. The van der Waals surface area contributed by atoms with Gasteiger partial charge in [-0.3, -0.25) is 4.98 Å². The number of hydrogen-bond acceptors (Lipinski definition) is 7. The molecule has 1 saturated carbocycles. The van der Waals surface area contributed by atoms with Crippen LogP contribution in [0.4, 0.5) is 8.78 Å². The maximum absolute atomic E-state index is 14.5. The summed E-state index contributed by atoms with van der Waals surface area (Å²) in [5, 5.41) is 19.2. The van der Waals surface area contributed by atoms with Crippen molar-refractivity contribution in [3.8, 4) is 22.8 Å². The van der Waals surface area contributed by atoms with Gasteiger partial charge in [0.25, 0.3) is 0 Å². The van der Waals surface area contributed by atoms with Gasteiger partial charge in [-0.15, -0.1) is 5.10 Å². The van der Waals surface area contributed by atoms with Crippen molar-refractivity contribution < 1.29 is 18.3 Å². The largest absolute Gasteiger partial charge is 0.443 e. The summed E-state index contributed by atoms with van der Waals surface area (Å²) in [6, 6.07) is 5.56. The average molecular weight is 504 g/mol. The molecule has 2 aliphatic rings. The van der Waals surface area contributed by atoms with E-state index in [0.29, 0.717) is 11.4 Å². The van der Waals surface area contributed by atoms with Crippen LogP contribution in [0.15, 0.2) is 47.3 Å². The number of aromatic nitrogens is 5. The van der Waals surface area contributed by atoms with Crippen LogP contribution in [0.25, 0.3) is 22.8 Å². The van der Waals surface area contributed by atoms with Crippen LogP contribution in [0.1, 0.15) is 75.2 Å². The molecule has 3 heterocycles. The third kappa shape index (κ3) is 3.29. The van der Waals surface area contributed by atoms with Gasteiger partial charge in [-0.2, -0.15) is 5.10 Å². The maximum atomic E-state index is 14.5. The van der Waals surface area contributed by atoms with E-state index < -0.39 is 23.2 Å². The molecule has 0 amide bonds. The van der Waals surface area contributed by atoms with Crippen molar-refractivity contribution in [3.05, 3.63) is 77.2 Å². The zero-order valence-corrected chi connectivity index (χ0v) is 21.0. The second-order valence-corrected chi connectivity index (χ2v) is 10.9. The lowest BCUT2D eigenvalue weighted by molar-refractivity contribution is 0.122. The summed E-state index contributed by atoms with van der Waals surface area (Å²) in [7, 11) is 0. The van der Waals surface area contributed by atoms with Crippen LogP contribution in [-0.4, -0.2) is 30.3 Å². The highest BCUT2D eigenvalue weighted by Crippen LogP contribution is 2.69. The molecule has 37 heavy (non-hydrogen) atoms. The number of nitrogens with zero attached hydrogens (tertiary/aromatic N) is 5. The van der Waals surface area contributed by atoms with Crippen molar-refractivity contribution >= 4 is 0 Å². The van der Waals surface area contributed by atoms with E-state index >= 15 is 0 Å². The number of fused-ring (bicyclic) bond motifs is 5. The Labute approximate surface area is 213 Å². The number of rotatable bonds is 5. The predicted octanol–water partition coefficient (Wildman–Crippen LogP) is 5.76. The molecule has 3 aromatic heterocycles. The Balaban J connectivity index is 1.46. The number of oxazole rings is 1. The third-order valence-corrected chi connectivity index (χ3v) is 8.35. The van der Waals surface area contributed by atoms with Gasteiger partial charge >= 0.3 is 0 Å². The lowest BCUT2D eigenvalue weighted by Gasteiger charge is -2.37. The van der Waals surface area contributed by atoms with Crippen molar-refractivity contribution in [2.75, 3.05) is 0 Å². The number of halogens is 2. The minimum atomic E-state index is -0.743. The molecule has 190 valence electrons. The van der Waals surface area contributed by atoms with E-state index in [9.17, 15) is 13.9 Å². The maximum Gasteiger partial charge on any atom is 0.247 e. The minimum absolute atomic E-state index is 0.0122. The molecule has 0 saturated heterocycles. The summed E-state index contributed by atoms with van der Waals surface area (Å²) >= 11 is 0. The molecule has 1 fully saturated rings. The van der Waals surface area contributed by atoms with E-state index in [1.807, 2.05) is 13.8 Å². The number of aliphatic hydroxyl groups is 1. The normalized spacial score (nSPS) is 22.4. The molecule has 0 radical (unpaired) electrons. The van der Waals surface area contributed by atoms with E-state index in [2.05, 4.69) is 34.0 Å². The van der Waals surface area contributed by atoms with Gasteiger partial charge in [-0.05, 0) is 53.9 Å². The molecule has 4 aromatic rings. The first-order valence-corrected chi connectivity index (χ1v) is 12.4. The number of aliphatic hydroxyl groups excluding tert-OH is 1. The van der Waals surface area contributed by atoms with Crippen LogP contribution in [0.5, 0.6) is 0 Å². The van der Waals surface area contributed by atoms with E-state index in [-0.39, 0.29) is 34.4 Å². The molecule has 0 unspecified atom stereocenters. The molecule has 1 aromatic carbocycles. The van der Waals surface area contributed by atoms with Gasteiger partial charge in [0.05, 0.1) is 34.3 Å². The van der Waals surface area contributed by atoms with Gasteiger partial charge in [0.1, 0.15) is 35.4 Å². The molecular weight excluding hydrogens is 476 g/mol. The summed E-state index contributed by atoms with van der Waals surface area (Å²) in [6.07, 6.45) is 5.69. The highest BCUT2D eigenvalue weighted by Gasteiger charge is 2.65. The van der Waals surface area contributed by atoms with Crippen LogP contribution in [0, 0.1) is 23.0 Å². The van der Waals surface area contributed by atoms with Crippen LogP contribution in [-0.2, 0) is 5.41 Å². The monoisotopic (exact) mass is 503 g/mol. The fourth-order valence-corrected chi connectivity index (χ4v) is 6.31. The highest BCUT2D eigenvalue weighted by molar-refractivity contribution is 5.64. The standard InChI is InChI=1S/C28H27F2N5O2/c1-14(2)24(36)21-13-37-26(33-21)20-11-31-12-22(32-20)28-9-8-16(27(28,3)4)15-10-19(34-35-25(15)28)23-17(29)6-5-7-18(23)30/h5-7,10-14,16,24,36H,8-9H2,1-4H3/t16-,24+,28-/m0/s1. The topological polar surface area (TPSA) is 97.8 Å². The van der Waals surface area contributed by atoms with Crippen LogP contribution >= 0.6 is 0 Å². The Kier molecular flexibility index (Phi) is 5.28. The van der Waals surface area contributed by atoms with Crippen molar-refractivity contribution in [1.29, 1.82) is 0 Å². The molecule has 1 N–H and O–H groups in total. The first-order chi connectivity index (χ1) is 17.6. The zero-order valence-electron chi connectivity index (χ0n) is 21.0. The second-order valence-electron chi connectivity index (χ2n) is 10.9. The summed E-state index contributed by atoms with van der Waals surface area (Å²) in [4.78, 5) is 13.8. The average Bonchev–Trinajstić information content (AvgIpc) is 3.52. The van der Waals surface area contributed by atoms with E-state index in [0.717, 1.165) is 29.8 Å². The van der Waals surface area contributed by atoms with Gasteiger partial charge in [-0.25, -0.2) is 18.7 Å². The summed E-state index contributed by atoms with van der Waals surface area (Å²) in [6.45, 7) is 8.15. The zero-order chi connectivity index (χ0) is 26.1. The molecule has 0 spiro atoms. The van der Waals surface area contributed by atoms with Crippen LogP contribution in [0.3, 0.4) is 0 Å². The quantitative estimate of drug-likeness (QED) is 0.370. The Hall–Kier alpha value is -3.59.